The number of benzene rings is 2. The highest BCUT2D eigenvalue weighted by atomic mass is 35.5. The average molecular weight is 512 g/mol. The van der Waals surface area contributed by atoms with E-state index in [1.807, 2.05) is 12.1 Å². The zero-order chi connectivity index (χ0) is 25.3. The van der Waals surface area contributed by atoms with Crippen molar-refractivity contribution in [3.8, 4) is 11.4 Å². The molecule has 1 aliphatic rings. The molecule has 1 unspecified atom stereocenters. The van der Waals surface area contributed by atoms with Gasteiger partial charge in [-0.05, 0) is 62.2 Å². The van der Waals surface area contributed by atoms with Crippen molar-refractivity contribution in [2.45, 2.75) is 25.8 Å². The highest BCUT2D eigenvalue weighted by molar-refractivity contribution is 6.30. The van der Waals surface area contributed by atoms with Gasteiger partial charge in [-0.1, -0.05) is 28.9 Å². The van der Waals surface area contributed by atoms with Crippen LogP contribution >= 0.6 is 11.6 Å². The summed E-state index contributed by atoms with van der Waals surface area (Å²) >= 11 is 5.95. The third kappa shape index (κ3) is 6.90. The lowest BCUT2D eigenvalue weighted by molar-refractivity contribution is -0.121. The van der Waals surface area contributed by atoms with Gasteiger partial charge in [0.1, 0.15) is 0 Å². The lowest BCUT2D eigenvalue weighted by Crippen LogP contribution is -2.40. The molecular formula is C26H30ClN5O4. The quantitative estimate of drug-likeness (QED) is 0.396. The normalized spacial score (nSPS) is 16.0. The summed E-state index contributed by atoms with van der Waals surface area (Å²) in [6, 6.07) is 14.3. The molecule has 0 radical (unpaired) electrons. The molecule has 0 aliphatic carbocycles. The molecule has 2 aromatic carbocycles. The van der Waals surface area contributed by atoms with E-state index in [1.54, 1.807) is 43.5 Å². The number of carbonyl (C=O) groups excluding carboxylic acids is 2. The van der Waals surface area contributed by atoms with E-state index in [9.17, 15) is 9.59 Å². The highest BCUT2D eigenvalue weighted by Crippen LogP contribution is 2.23. The number of ether oxygens (including phenoxy) is 1. The molecule has 1 atom stereocenters. The molecule has 2 heterocycles. The minimum Gasteiger partial charge on any atom is -0.385 e. The lowest BCUT2D eigenvalue weighted by Gasteiger charge is -2.31. The number of rotatable bonds is 10. The zero-order valence-electron chi connectivity index (χ0n) is 20.2. The summed E-state index contributed by atoms with van der Waals surface area (Å²) in [5.41, 5.74) is 1.77. The number of aromatic nitrogens is 2. The first-order valence-corrected chi connectivity index (χ1v) is 12.4. The van der Waals surface area contributed by atoms with E-state index in [1.165, 1.54) is 0 Å². The van der Waals surface area contributed by atoms with Crippen LogP contribution in [0.5, 0.6) is 0 Å². The summed E-state index contributed by atoms with van der Waals surface area (Å²) in [7, 11) is 1.62. The molecule has 36 heavy (non-hydrogen) atoms. The SMILES string of the molecule is COCCCNC(=O)c1ccccc1NC(=O)C1CCCN(Cc2nc(-c3ccc(Cl)cc3)no2)C1. The van der Waals surface area contributed by atoms with Gasteiger partial charge in [-0.25, -0.2) is 0 Å². The Labute approximate surface area is 215 Å². The average Bonchev–Trinajstić information content (AvgIpc) is 3.36. The molecular weight excluding hydrogens is 482 g/mol. The zero-order valence-corrected chi connectivity index (χ0v) is 21.0. The van der Waals surface area contributed by atoms with Crippen LogP contribution in [0.15, 0.2) is 53.1 Å². The van der Waals surface area contributed by atoms with Crippen LogP contribution in [0.3, 0.4) is 0 Å². The fraction of sp³-hybridized carbons (Fsp3) is 0.385. The molecule has 2 amide bonds. The van der Waals surface area contributed by atoms with Crippen molar-refractivity contribution in [1.29, 1.82) is 0 Å². The number of hydrogen-bond acceptors (Lipinski definition) is 7. The first kappa shape index (κ1) is 25.8. The van der Waals surface area contributed by atoms with Gasteiger partial charge in [-0.2, -0.15) is 4.98 Å². The number of halogens is 1. The summed E-state index contributed by atoms with van der Waals surface area (Å²) < 4.78 is 10.5. The molecule has 0 bridgehead atoms. The van der Waals surface area contributed by atoms with Crippen LogP contribution in [0.2, 0.25) is 5.02 Å². The fourth-order valence-electron chi connectivity index (χ4n) is 4.18. The van der Waals surface area contributed by atoms with Crippen LogP contribution in [-0.4, -0.2) is 60.2 Å². The summed E-state index contributed by atoms with van der Waals surface area (Å²) in [5, 5.41) is 10.5. The van der Waals surface area contributed by atoms with E-state index < -0.39 is 0 Å². The second-order valence-corrected chi connectivity index (χ2v) is 9.17. The Morgan fingerprint density at radius 1 is 1.19 bits per heavy atom. The molecule has 1 saturated heterocycles. The summed E-state index contributed by atoms with van der Waals surface area (Å²) in [5.74, 6) is 0.462. The Bertz CT molecular complexity index is 1170. The van der Waals surface area contributed by atoms with Gasteiger partial charge in [0.25, 0.3) is 5.91 Å². The lowest BCUT2D eigenvalue weighted by atomic mass is 9.96. The highest BCUT2D eigenvalue weighted by Gasteiger charge is 2.28. The molecule has 1 aromatic heterocycles. The molecule has 0 spiro atoms. The first-order chi connectivity index (χ1) is 17.5. The van der Waals surface area contributed by atoms with E-state index >= 15 is 0 Å². The molecule has 9 nitrogen and oxygen atoms in total. The van der Waals surface area contributed by atoms with Gasteiger partial charge in [0.05, 0.1) is 23.7 Å². The van der Waals surface area contributed by atoms with Gasteiger partial charge in [-0.15, -0.1) is 0 Å². The topological polar surface area (TPSA) is 110 Å². The number of piperidine rings is 1. The largest absolute Gasteiger partial charge is 0.385 e. The Balaban J connectivity index is 1.34. The van der Waals surface area contributed by atoms with Crippen molar-refractivity contribution >= 4 is 29.1 Å². The predicted molar refractivity (Wildman–Crippen MR) is 137 cm³/mol. The number of amides is 2. The third-order valence-corrected chi connectivity index (χ3v) is 6.30. The summed E-state index contributed by atoms with van der Waals surface area (Å²) in [6.45, 7) is 2.94. The van der Waals surface area contributed by atoms with E-state index in [-0.39, 0.29) is 17.7 Å². The standard InChI is InChI=1S/C26H30ClN5O4/c1-35-15-5-13-28-26(34)21-7-2-3-8-22(21)29-25(33)19-6-4-14-32(16-19)17-23-30-24(31-36-23)18-9-11-20(27)12-10-18/h2-3,7-12,19H,4-6,13-17H2,1H3,(H,28,34)(H,29,33). The number of para-hydroxylation sites is 1. The summed E-state index contributed by atoms with van der Waals surface area (Å²) in [6.07, 6.45) is 2.36. The predicted octanol–water partition coefficient (Wildman–Crippen LogP) is 4.01. The Morgan fingerprint density at radius 3 is 2.81 bits per heavy atom. The van der Waals surface area contributed by atoms with Crippen molar-refractivity contribution in [2.24, 2.45) is 5.92 Å². The van der Waals surface area contributed by atoms with Crippen LogP contribution in [0.4, 0.5) is 5.69 Å². The minimum absolute atomic E-state index is 0.105. The number of methoxy groups -OCH3 is 1. The number of hydrogen-bond donors (Lipinski definition) is 2. The Hall–Kier alpha value is -3.27. The first-order valence-electron chi connectivity index (χ1n) is 12.0. The number of anilines is 1. The van der Waals surface area contributed by atoms with Gasteiger partial charge < -0.3 is 19.9 Å². The van der Waals surface area contributed by atoms with E-state index in [4.69, 9.17) is 20.9 Å². The third-order valence-electron chi connectivity index (χ3n) is 6.05. The molecule has 4 rings (SSSR count). The van der Waals surface area contributed by atoms with E-state index in [0.717, 1.165) is 31.4 Å². The number of likely N-dealkylation sites (tertiary alicyclic amines) is 1. The molecule has 1 fully saturated rings. The van der Waals surface area contributed by atoms with Gasteiger partial charge in [0.15, 0.2) is 0 Å². The van der Waals surface area contributed by atoms with Gasteiger partial charge >= 0.3 is 0 Å². The number of nitrogens with one attached hydrogen (secondary N) is 2. The van der Waals surface area contributed by atoms with Crippen LogP contribution in [-0.2, 0) is 16.1 Å². The monoisotopic (exact) mass is 511 g/mol. The smallest absolute Gasteiger partial charge is 0.253 e. The van der Waals surface area contributed by atoms with Crippen molar-refractivity contribution in [3.63, 3.8) is 0 Å². The number of carbonyl (C=O) groups is 2. The Morgan fingerprint density at radius 2 is 2.00 bits per heavy atom. The summed E-state index contributed by atoms with van der Waals surface area (Å²) in [4.78, 5) is 32.4. The van der Waals surface area contributed by atoms with Crippen molar-refractivity contribution in [1.82, 2.24) is 20.4 Å². The van der Waals surface area contributed by atoms with Gasteiger partial charge in [0.2, 0.25) is 17.6 Å². The Kier molecular flexibility index (Phi) is 9.05. The molecule has 10 heteroatoms. The van der Waals surface area contributed by atoms with Gasteiger partial charge in [0, 0.05) is 37.4 Å². The molecule has 2 N–H and O–H groups in total. The van der Waals surface area contributed by atoms with E-state index in [2.05, 4.69) is 25.7 Å². The molecule has 0 saturated carbocycles. The molecule has 190 valence electrons. The van der Waals surface area contributed by atoms with Crippen LogP contribution in [0.25, 0.3) is 11.4 Å². The molecule has 1 aliphatic heterocycles. The van der Waals surface area contributed by atoms with E-state index in [0.29, 0.717) is 54.2 Å². The van der Waals surface area contributed by atoms with Crippen LogP contribution in [0, 0.1) is 5.92 Å². The fourth-order valence-corrected chi connectivity index (χ4v) is 4.30. The maximum atomic E-state index is 13.1. The number of nitrogens with zero attached hydrogens (tertiary/aromatic N) is 3. The van der Waals surface area contributed by atoms with Crippen LogP contribution < -0.4 is 10.6 Å². The van der Waals surface area contributed by atoms with Gasteiger partial charge in [-0.3, -0.25) is 14.5 Å². The maximum absolute atomic E-state index is 13.1. The maximum Gasteiger partial charge on any atom is 0.253 e. The van der Waals surface area contributed by atoms with Crippen LogP contribution in [0.1, 0.15) is 35.5 Å². The second kappa shape index (κ2) is 12.6. The van der Waals surface area contributed by atoms with Crippen molar-refractivity contribution < 1.29 is 18.8 Å². The van der Waals surface area contributed by atoms with Crippen molar-refractivity contribution in [2.75, 3.05) is 38.7 Å². The minimum atomic E-state index is -0.222. The molecule has 3 aromatic rings. The van der Waals surface area contributed by atoms with Crippen molar-refractivity contribution in [3.05, 3.63) is 65.0 Å². The second-order valence-electron chi connectivity index (χ2n) is 8.73.